The van der Waals surface area contributed by atoms with E-state index in [1.807, 2.05) is 13.0 Å². The average molecular weight is 331 g/mol. The first-order chi connectivity index (χ1) is 11.8. The Morgan fingerprint density at radius 1 is 0.708 bits per heavy atom. The van der Waals surface area contributed by atoms with E-state index in [1.165, 1.54) is 38.5 Å². The first-order valence-electron chi connectivity index (χ1n) is 9.70. The van der Waals surface area contributed by atoms with Crippen LogP contribution in [-0.2, 0) is 0 Å². The zero-order chi connectivity index (χ0) is 17.7. The van der Waals surface area contributed by atoms with Crippen LogP contribution in [0.25, 0.3) is 0 Å². The van der Waals surface area contributed by atoms with Crippen molar-refractivity contribution in [2.24, 2.45) is 0 Å². The van der Waals surface area contributed by atoms with Crippen molar-refractivity contribution in [3.63, 3.8) is 0 Å². The molecule has 0 aromatic carbocycles. The number of unbranched alkanes of at least 4 members (excludes halogenated alkanes) is 6. The Kier molecular flexibility index (Phi) is 18.6. The summed E-state index contributed by atoms with van der Waals surface area (Å²) >= 11 is 0. The van der Waals surface area contributed by atoms with Crippen molar-refractivity contribution in [1.82, 2.24) is 0 Å². The number of aliphatic hydroxyl groups excluding tert-OH is 1. The predicted octanol–water partition coefficient (Wildman–Crippen LogP) is 7.07. The number of aliphatic hydroxyl groups is 1. The van der Waals surface area contributed by atoms with Crippen LogP contribution in [0.5, 0.6) is 0 Å². The fraction of sp³-hybridized carbons (Fsp3) is 0.565. The van der Waals surface area contributed by atoms with Gasteiger partial charge in [-0.25, -0.2) is 0 Å². The minimum atomic E-state index is 0.136. The summed E-state index contributed by atoms with van der Waals surface area (Å²) in [6.45, 7) is 4.33. The maximum Gasteiger partial charge on any atom is 0.0617 e. The fourth-order valence-electron chi connectivity index (χ4n) is 2.36. The van der Waals surface area contributed by atoms with Gasteiger partial charge in [0.2, 0.25) is 0 Å². The Morgan fingerprint density at radius 2 is 1.25 bits per heavy atom. The van der Waals surface area contributed by atoms with Gasteiger partial charge in [-0.3, -0.25) is 0 Å². The molecule has 0 aliphatic rings. The van der Waals surface area contributed by atoms with Crippen LogP contribution in [0.4, 0.5) is 0 Å². The minimum Gasteiger partial charge on any atom is -0.392 e. The van der Waals surface area contributed by atoms with E-state index in [0.29, 0.717) is 0 Å². The van der Waals surface area contributed by atoms with Crippen molar-refractivity contribution in [2.75, 3.05) is 6.61 Å². The molecule has 24 heavy (non-hydrogen) atoms. The van der Waals surface area contributed by atoms with Gasteiger partial charge in [-0.05, 0) is 51.9 Å². The molecule has 0 atom stereocenters. The summed E-state index contributed by atoms with van der Waals surface area (Å²) in [4.78, 5) is 0. The SMILES string of the molecule is CCC=CCC=CCC=CCCCCCCCC=CC(C)=CCO. The maximum absolute atomic E-state index is 8.76. The molecule has 0 unspecified atom stereocenters. The molecule has 0 fully saturated rings. The van der Waals surface area contributed by atoms with E-state index in [-0.39, 0.29) is 6.61 Å². The molecule has 1 heteroatoms. The minimum absolute atomic E-state index is 0.136. The molecule has 0 bridgehead atoms. The molecular weight excluding hydrogens is 292 g/mol. The molecule has 0 aliphatic heterocycles. The quantitative estimate of drug-likeness (QED) is 0.193. The second-order valence-electron chi connectivity index (χ2n) is 6.17. The number of hydrogen-bond donors (Lipinski definition) is 1. The van der Waals surface area contributed by atoms with Gasteiger partial charge < -0.3 is 5.11 Å². The molecule has 0 aliphatic carbocycles. The molecule has 0 spiro atoms. The van der Waals surface area contributed by atoms with Crippen LogP contribution in [0.3, 0.4) is 0 Å². The Morgan fingerprint density at radius 3 is 1.88 bits per heavy atom. The highest BCUT2D eigenvalue weighted by molar-refractivity contribution is 5.15. The van der Waals surface area contributed by atoms with E-state index in [9.17, 15) is 0 Å². The average Bonchev–Trinajstić information content (AvgIpc) is 2.58. The highest BCUT2D eigenvalue weighted by atomic mass is 16.2. The molecule has 0 heterocycles. The topological polar surface area (TPSA) is 20.2 Å². The van der Waals surface area contributed by atoms with Crippen LogP contribution in [0, 0.1) is 0 Å². The first kappa shape index (κ1) is 22.7. The number of hydrogen-bond acceptors (Lipinski definition) is 1. The normalized spacial score (nSPS) is 13.4. The lowest BCUT2D eigenvalue weighted by Gasteiger charge is -1.98. The lowest BCUT2D eigenvalue weighted by Crippen LogP contribution is -1.79. The highest BCUT2D eigenvalue weighted by Crippen LogP contribution is 2.09. The van der Waals surface area contributed by atoms with Crippen LogP contribution in [-0.4, -0.2) is 11.7 Å². The first-order valence-corrected chi connectivity index (χ1v) is 9.70. The molecule has 0 aromatic rings. The van der Waals surface area contributed by atoms with Crippen LogP contribution < -0.4 is 0 Å². The van der Waals surface area contributed by atoms with E-state index in [1.54, 1.807) is 0 Å². The second-order valence-corrected chi connectivity index (χ2v) is 6.17. The summed E-state index contributed by atoms with van der Waals surface area (Å²) in [5.41, 5.74) is 1.15. The van der Waals surface area contributed by atoms with Crippen molar-refractivity contribution in [1.29, 1.82) is 0 Å². The molecule has 1 N–H and O–H groups in total. The summed E-state index contributed by atoms with van der Waals surface area (Å²) in [6, 6.07) is 0. The Hall–Kier alpha value is -1.34. The van der Waals surface area contributed by atoms with Gasteiger partial charge in [-0.2, -0.15) is 0 Å². The summed E-state index contributed by atoms with van der Waals surface area (Å²) in [5.74, 6) is 0. The van der Waals surface area contributed by atoms with Gasteiger partial charge in [-0.1, -0.05) is 86.4 Å². The van der Waals surface area contributed by atoms with Gasteiger partial charge in [0.05, 0.1) is 6.61 Å². The molecule has 0 aromatic heterocycles. The lowest BCUT2D eigenvalue weighted by atomic mass is 10.1. The largest absolute Gasteiger partial charge is 0.392 e. The lowest BCUT2D eigenvalue weighted by molar-refractivity contribution is 0.342. The standard InChI is InChI=1S/C23H38O/c1-3-4-5-6-7-8-9-10-11-12-13-14-15-16-17-18-19-20-23(2)21-22-24/h4-5,7-8,10-11,19-21,24H,3,6,9,12-18,22H2,1-2H3. The van der Waals surface area contributed by atoms with Crippen LogP contribution in [0.15, 0.2) is 60.3 Å². The molecule has 0 saturated heterocycles. The van der Waals surface area contributed by atoms with Crippen LogP contribution in [0.1, 0.15) is 78.1 Å². The third-order valence-electron chi connectivity index (χ3n) is 3.82. The number of rotatable bonds is 15. The molecule has 0 amide bonds. The molecule has 136 valence electrons. The molecule has 0 saturated carbocycles. The smallest absolute Gasteiger partial charge is 0.0617 e. The van der Waals surface area contributed by atoms with Crippen molar-refractivity contribution in [3.8, 4) is 0 Å². The van der Waals surface area contributed by atoms with Gasteiger partial charge in [0, 0.05) is 0 Å². The highest BCUT2D eigenvalue weighted by Gasteiger charge is 1.89. The van der Waals surface area contributed by atoms with Gasteiger partial charge in [0.1, 0.15) is 0 Å². The predicted molar refractivity (Wildman–Crippen MR) is 109 cm³/mol. The second kappa shape index (κ2) is 19.7. The van der Waals surface area contributed by atoms with Gasteiger partial charge in [-0.15, -0.1) is 0 Å². The van der Waals surface area contributed by atoms with Crippen molar-refractivity contribution < 1.29 is 5.11 Å². The summed E-state index contributed by atoms with van der Waals surface area (Å²) < 4.78 is 0. The molecule has 1 nitrogen and oxygen atoms in total. The van der Waals surface area contributed by atoms with Gasteiger partial charge in [0.25, 0.3) is 0 Å². The third-order valence-corrected chi connectivity index (χ3v) is 3.82. The van der Waals surface area contributed by atoms with Crippen molar-refractivity contribution in [3.05, 3.63) is 60.3 Å². The van der Waals surface area contributed by atoms with Crippen LogP contribution in [0.2, 0.25) is 0 Å². The molecule has 0 rings (SSSR count). The zero-order valence-electron chi connectivity index (χ0n) is 15.9. The molecular formula is C23H38O. The summed E-state index contributed by atoms with van der Waals surface area (Å²) in [7, 11) is 0. The van der Waals surface area contributed by atoms with E-state index in [0.717, 1.165) is 31.3 Å². The Bertz CT molecular complexity index is 396. The Balaban J connectivity index is 3.34. The van der Waals surface area contributed by atoms with Gasteiger partial charge in [0.15, 0.2) is 0 Å². The van der Waals surface area contributed by atoms with Gasteiger partial charge >= 0.3 is 0 Å². The van der Waals surface area contributed by atoms with Crippen molar-refractivity contribution in [2.45, 2.75) is 78.1 Å². The number of allylic oxidation sites excluding steroid dienone is 9. The van der Waals surface area contributed by atoms with E-state index >= 15 is 0 Å². The van der Waals surface area contributed by atoms with E-state index < -0.39 is 0 Å². The fourth-order valence-corrected chi connectivity index (χ4v) is 2.36. The maximum atomic E-state index is 8.76. The summed E-state index contributed by atoms with van der Waals surface area (Å²) in [5, 5.41) is 8.76. The Labute approximate surface area is 150 Å². The van der Waals surface area contributed by atoms with E-state index in [4.69, 9.17) is 5.11 Å². The molecule has 0 radical (unpaired) electrons. The van der Waals surface area contributed by atoms with Crippen molar-refractivity contribution >= 4 is 0 Å². The monoisotopic (exact) mass is 330 g/mol. The third kappa shape index (κ3) is 18.7. The summed E-state index contributed by atoms with van der Waals surface area (Å²) in [6.07, 6.45) is 31.9. The van der Waals surface area contributed by atoms with Crippen LogP contribution >= 0.6 is 0 Å². The van der Waals surface area contributed by atoms with E-state index in [2.05, 4.69) is 55.5 Å². The zero-order valence-corrected chi connectivity index (χ0v) is 15.9.